The van der Waals surface area contributed by atoms with Crippen LogP contribution in [-0.2, 0) is 18.4 Å². The van der Waals surface area contributed by atoms with E-state index in [9.17, 15) is 0 Å². The van der Waals surface area contributed by atoms with Gasteiger partial charge in [0.2, 0.25) is 0 Å². The lowest BCUT2D eigenvalue weighted by Crippen LogP contribution is -2.35. The number of hydrogen-bond donors (Lipinski definition) is 0. The average molecular weight is 388 g/mol. The summed E-state index contributed by atoms with van der Waals surface area (Å²) >= 11 is 0. The molecule has 1 nitrogen and oxygen atoms in total. The van der Waals surface area contributed by atoms with Crippen molar-refractivity contribution in [2.45, 2.75) is 18.4 Å². The zero-order chi connectivity index (χ0) is 20.3. The fourth-order valence-corrected chi connectivity index (χ4v) is 5.91. The molecule has 1 heteroatoms. The van der Waals surface area contributed by atoms with Crippen LogP contribution in [0.4, 0.5) is 0 Å². The van der Waals surface area contributed by atoms with Gasteiger partial charge in [-0.15, -0.1) is 0 Å². The molecular formula is C29H25N. The van der Waals surface area contributed by atoms with Gasteiger partial charge in [0.25, 0.3) is 0 Å². The van der Waals surface area contributed by atoms with E-state index >= 15 is 0 Å². The molecule has 146 valence electrons. The SMILES string of the molecule is CN(C)Cc1cccc2c1C1(c3ccccc3Cc3ccccc31)c1ccccc1-2. The molecular weight excluding hydrogens is 362 g/mol. The lowest BCUT2D eigenvalue weighted by Gasteiger charge is -2.41. The fourth-order valence-electron chi connectivity index (χ4n) is 5.91. The molecule has 0 N–H and O–H groups in total. The second kappa shape index (κ2) is 6.42. The van der Waals surface area contributed by atoms with Crippen molar-refractivity contribution in [2.24, 2.45) is 0 Å². The van der Waals surface area contributed by atoms with Crippen LogP contribution in [0.1, 0.15) is 38.9 Å². The van der Waals surface area contributed by atoms with Crippen LogP contribution >= 0.6 is 0 Å². The molecule has 0 radical (unpaired) electrons. The Morgan fingerprint density at radius 1 is 0.633 bits per heavy atom. The minimum absolute atomic E-state index is 0.246. The summed E-state index contributed by atoms with van der Waals surface area (Å²) in [6.45, 7) is 0.934. The first-order valence-corrected chi connectivity index (χ1v) is 10.7. The Bertz CT molecular complexity index is 1240. The zero-order valence-corrected chi connectivity index (χ0v) is 17.5. The van der Waals surface area contributed by atoms with Crippen molar-refractivity contribution >= 4 is 0 Å². The molecule has 0 aromatic heterocycles. The number of hydrogen-bond acceptors (Lipinski definition) is 1. The Hall–Kier alpha value is -3.16. The van der Waals surface area contributed by atoms with Crippen LogP contribution < -0.4 is 0 Å². The van der Waals surface area contributed by atoms with Crippen LogP contribution in [0.2, 0.25) is 0 Å². The molecule has 0 amide bonds. The van der Waals surface area contributed by atoms with Gasteiger partial charge in [-0.1, -0.05) is 91.0 Å². The van der Waals surface area contributed by atoms with Gasteiger partial charge in [-0.2, -0.15) is 0 Å². The maximum atomic E-state index is 2.36. The zero-order valence-electron chi connectivity index (χ0n) is 17.5. The van der Waals surface area contributed by atoms with E-state index in [-0.39, 0.29) is 5.41 Å². The highest BCUT2D eigenvalue weighted by Crippen LogP contribution is 2.60. The standard InChI is InChI=1S/C29H25N/c1-30(2)19-22-12-9-14-24-23-13-5-8-17-27(23)29(28(22)24)25-15-6-3-10-20(25)18-21-11-4-7-16-26(21)29/h3-17H,18-19H2,1-2H3. The maximum Gasteiger partial charge on any atom is 0.0722 e. The van der Waals surface area contributed by atoms with Gasteiger partial charge < -0.3 is 4.90 Å². The summed E-state index contributed by atoms with van der Waals surface area (Å²) in [5.74, 6) is 0. The highest BCUT2D eigenvalue weighted by atomic mass is 15.0. The third-order valence-corrected chi connectivity index (χ3v) is 6.86. The minimum Gasteiger partial charge on any atom is -0.305 e. The number of rotatable bonds is 2. The van der Waals surface area contributed by atoms with Crippen molar-refractivity contribution in [3.8, 4) is 11.1 Å². The van der Waals surface area contributed by atoms with Crippen molar-refractivity contribution in [2.75, 3.05) is 14.1 Å². The van der Waals surface area contributed by atoms with Crippen molar-refractivity contribution < 1.29 is 0 Å². The van der Waals surface area contributed by atoms with E-state index in [0.717, 1.165) is 13.0 Å². The largest absolute Gasteiger partial charge is 0.305 e. The molecule has 0 heterocycles. The fraction of sp³-hybridized carbons (Fsp3) is 0.172. The highest BCUT2D eigenvalue weighted by molar-refractivity contribution is 5.88. The molecule has 0 unspecified atom stereocenters. The van der Waals surface area contributed by atoms with Gasteiger partial charge in [0.15, 0.2) is 0 Å². The highest BCUT2D eigenvalue weighted by Gasteiger charge is 2.50. The summed E-state index contributed by atoms with van der Waals surface area (Å²) in [6.07, 6.45) is 1.00. The maximum absolute atomic E-state index is 2.36. The van der Waals surface area contributed by atoms with Crippen molar-refractivity contribution in [3.05, 3.63) is 130 Å². The lowest BCUT2D eigenvalue weighted by atomic mass is 9.61. The Labute approximate surface area is 178 Å². The van der Waals surface area contributed by atoms with E-state index < -0.39 is 0 Å². The minimum atomic E-state index is -0.246. The van der Waals surface area contributed by atoms with E-state index in [2.05, 4.69) is 110 Å². The van der Waals surface area contributed by atoms with Gasteiger partial charge in [0.1, 0.15) is 0 Å². The molecule has 2 aliphatic carbocycles. The first-order chi connectivity index (χ1) is 14.7. The summed E-state index contributed by atoms with van der Waals surface area (Å²) in [5.41, 5.74) is 12.6. The Morgan fingerprint density at radius 2 is 1.20 bits per heavy atom. The van der Waals surface area contributed by atoms with Crippen molar-refractivity contribution in [1.82, 2.24) is 4.90 Å². The van der Waals surface area contributed by atoms with Gasteiger partial charge in [-0.05, 0) is 70.6 Å². The third kappa shape index (κ3) is 2.21. The molecule has 1 spiro atoms. The Balaban J connectivity index is 1.83. The van der Waals surface area contributed by atoms with Crippen LogP contribution in [-0.4, -0.2) is 19.0 Å². The Morgan fingerprint density at radius 3 is 1.87 bits per heavy atom. The van der Waals surface area contributed by atoms with E-state index in [1.54, 1.807) is 0 Å². The summed E-state index contributed by atoms with van der Waals surface area (Å²) in [7, 11) is 4.33. The molecule has 4 aromatic rings. The monoisotopic (exact) mass is 387 g/mol. The summed E-state index contributed by atoms with van der Waals surface area (Å²) in [6, 6.07) is 34.1. The molecule has 0 saturated carbocycles. The number of benzene rings is 4. The number of fused-ring (bicyclic) bond motifs is 9. The Kier molecular flexibility index (Phi) is 3.78. The quantitative estimate of drug-likeness (QED) is 0.351. The van der Waals surface area contributed by atoms with E-state index in [4.69, 9.17) is 0 Å². The van der Waals surface area contributed by atoms with Crippen LogP contribution in [0, 0.1) is 0 Å². The van der Waals surface area contributed by atoms with Crippen LogP contribution in [0.3, 0.4) is 0 Å². The molecule has 6 rings (SSSR count). The molecule has 2 aliphatic rings. The molecule has 30 heavy (non-hydrogen) atoms. The third-order valence-electron chi connectivity index (χ3n) is 6.86. The molecule has 4 aromatic carbocycles. The van der Waals surface area contributed by atoms with Gasteiger partial charge >= 0.3 is 0 Å². The first-order valence-electron chi connectivity index (χ1n) is 10.7. The second-order valence-corrected chi connectivity index (χ2v) is 8.86. The normalized spacial score (nSPS) is 14.9. The average Bonchev–Trinajstić information content (AvgIpc) is 3.06. The summed E-state index contributed by atoms with van der Waals surface area (Å²) < 4.78 is 0. The number of nitrogens with zero attached hydrogens (tertiary/aromatic N) is 1. The van der Waals surface area contributed by atoms with E-state index in [1.165, 1.54) is 50.1 Å². The molecule has 0 aliphatic heterocycles. The summed E-state index contributed by atoms with van der Waals surface area (Å²) in [5, 5.41) is 0. The van der Waals surface area contributed by atoms with Crippen molar-refractivity contribution in [1.29, 1.82) is 0 Å². The predicted octanol–water partition coefficient (Wildman–Crippen LogP) is 6.02. The van der Waals surface area contributed by atoms with Gasteiger partial charge in [0, 0.05) is 6.54 Å². The van der Waals surface area contributed by atoms with Crippen LogP contribution in [0.5, 0.6) is 0 Å². The van der Waals surface area contributed by atoms with E-state index in [0.29, 0.717) is 0 Å². The first kappa shape index (κ1) is 17.7. The molecule has 0 fully saturated rings. The van der Waals surface area contributed by atoms with Gasteiger partial charge in [-0.25, -0.2) is 0 Å². The topological polar surface area (TPSA) is 3.24 Å². The van der Waals surface area contributed by atoms with Crippen LogP contribution in [0.15, 0.2) is 91.0 Å². The van der Waals surface area contributed by atoms with Gasteiger partial charge in [-0.3, -0.25) is 0 Å². The smallest absolute Gasteiger partial charge is 0.0722 e. The van der Waals surface area contributed by atoms with Crippen LogP contribution in [0.25, 0.3) is 11.1 Å². The van der Waals surface area contributed by atoms with E-state index in [1.807, 2.05) is 0 Å². The molecule has 0 saturated heterocycles. The second-order valence-electron chi connectivity index (χ2n) is 8.86. The van der Waals surface area contributed by atoms with Crippen molar-refractivity contribution in [3.63, 3.8) is 0 Å². The molecule has 0 bridgehead atoms. The molecule has 0 atom stereocenters. The predicted molar refractivity (Wildman–Crippen MR) is 124 cm³/mol. The summed E-state index contributed by atoms with van der Waals surface area (Å²) in [4.78, 5) is 2.28. The lowest BCUT2D eigenvalue weighted by molar-refractivity contribution is 0.399. The van der Waals surface area contributed by atoms with Gasteiger partial charge in [0.05, 0.1) is 5.41 Å².